The molecule has 1 heterocycles. The van der Waals surface area contributed by atoms with Crippen LogP contribution in [0.15, 0.2) is 18.3 Å². The van der Waals surface area contributed by atoms with Crippen LogP contribution in [0.25, 0.3) is 0 Å². The third-order valence-corrected chi connectivity index (χ3v) is 1.51. The third-order valence-electron chi connectivity index (χ3n) is 1.51. The highest BCUT2D eigenvalue weighted by Gasteiger charge is 1.91. The normalized spacial score (nSPS) is 9.91. The van der Waals surface area contributed by atoms with E-state index in [4.69, 9.17) is 5.73 Å². The highest BCUT2D eigenvalue weighted by molar-refractivity contribution is 4.98. The standard InChI is InChI=1S/C8H13N3/c9-6-2-1-4-8-5-3-7-10-11-8/h3,5,7H,1-2,4,6,9H2. The molecule has 1 rings (SSSR count). The van der Waals surface area contributed by atoms with Gasteiger partial charge in [-0.25, -0.2) is 0 Å². The molecule has 11 heavy (non-hydrogen) atoms. The molecule has 3 heteroatoms. The second-order valence-corrected chi connectivity index (χ2v) is 2.46. The molecule has 0 unspecified atom stereocenters. The van der Waals surface area contributed by atoms with Crippen LogP contribution in [0.4, 0.5) is 0 Å². The van der Waals surface area contributed by atoms with Crippen LogP contribution in [0.5, 0.6) is 0 Å². The van der Waals surface area contributed by atoms with Gasteiger partial charge in [-0.1, -0.05) is 0 Å². The number of nitrogens with two attached hydrogens (primary N) is 1. The van der Waals surface area contributed by atoms with Gasteiger partial charge in [-0.05, 0) is 37.9 Å². The number of aryl methyl sites for hydroxylation is 1. The van der Waals surface area contributed by atoms with Crippen molar-refractivity contribution in [3.63, 3.8) is 0 Å². The van der Waals surface area contributed by atoms with Gasteiger partial charge < -0.3 is 5.73 Å². The first-order valence-electron chi connectivity index (χ1n) is 3.90. The van der Waals surface area contributed by atoms with Crippen LogP contribution in [-0.4, -0.2) is 16.7 Å². The van der Waals surface area contributed by atoms with Gasteiger partial charge in [0.2, 0.25) is 0 Å². The molecule has 1 aromatic rings. The third kappa shape index (κ3) is 3.09. The topological polar surface area (TPSA) is 51.8 Å². The lowest BCUT2D eigenvalue weighted by atomic mass is 10.2. The Hall–Kier alpha value is -0.960. The van der Waals surface area contributed by atoms with Crippen LogP contribution in [0.3, 0.4) is 0 Å². The molecule has 2 N–H and O–H groups in total. The van der Waals surface area contributed by atoms with Crippen molar-refractivity contribution in [1.29, 1.82) is 0 Å². The Balaban J connectivity index is 2.28. The van der Waals surface area contributed by atoms with Gasteiger partial charge >= 0.3 is 0 Å². The van der Waals surface area contributed by atoms with E-state index in [1.807, 2.05) is 12.1 Å². The summed E-state index contributed by atoms with van der Waals surface area (Å²) in [7, 11) is 0. The van der Waals surface area contributed by atoms with Gasteiger partial charge in [0.1, 0.15) is 0 Å². The molecular formula is C8H13N3. The summed E-state index contributed by atoms with van der Waals surface area (Å²) >= 11 is 0. The zero-order valence-corrected chi connectivity index (χ0v) is 6.53. The quantitative estimate of drug-likeness (QED) is 0.646. The number of unbranched alkanes of at least 4 members (excludes halogenated alkanes) is 1. The highest BCUT2D eigenvalue weighted by Crippen LogP contribution is 1.98. The van der Waals surface area contributed by atoms with E-state index in [1.54, 1.807) is 6.20 Å². The second-order valence-electron chi connectivity index (χ2n) is 2.46. The number of aromatic nitrogens is 2. The monoisotopic (exact) mass is 151 g/mol. The predicted molar refractivity (Wildman–Crippen MR) is 44.0 cm³/mol. The molecule has 0 radical (unpaired) electrons. The molecular weight excluding hydrogens is 138 g/mol. The van der Waals surface area contributed by atoms with Crippen LogP contribution in [0, 0.1) is 0 Å². The predicted octanol–water partition coefficient (Wildman–Crippen LogP) is 0.758. The van der Waals surface area contributed by atoms with Crippen LogP contribution in [-0.2, 0) is 6.42 Å². The molecule has 0 saturated heterocycles. The first kappa shape index (κ1) is 8.14. The zero-order chi connectivity index (χ0) is 7.94. The molecule has 0 saturated carbocycles. The van der Waals surface area contributed by atoms with E-state index < -0.39 is 0 Å². The molecule has 0 aliphatic heterocycles. The smallest absolute Gasteiger partial charge is 0.0631 e. The maximum absolute atomic E-state index is 5.36. The lowest BCUT2D eigenvalue weighted by molar-refractivity contribution is 0.722. The molecule has 1 aromatic heterocycles. The minimum Gasteiger partial charge on any atom is -0.330 e. The Labute approximate surface area is 66.6 Å². The van der Waals surface area contributed by atoms with Crippen molar-refractivity contribution in [2.45, 2.75) is 19.3 Å². The van der Waals surface area contributed by atoms with Crippen molar-refractivity contribution < 1.29 is 0 Å². The van der Waals surface area contributed by atoms with E-state index in [9.17, 15) is 0 Å². The van der Waals surface area contributed by atoms with E-state index in [1.165, 1.54) is 0 Å². The molecule has 60 valence electrons. The fraction of sp³-hybridized carbons (Fsp3) is 0.500. The number of hydrogen-bond donors (Lipinski definition) is 1. The van der Waals surface area contributed by atoms with E-state index in [2.05, 4.69) is 10.2 Å². The van der Waals surface area contributed by atoms with E-state index in [0.717, 1.165) is 31.5 Å². The maximum atomic E-state index is 5.36. The van der Waals surface area contributed by atoms with Crippen molar-refractivity contribution in [1.82, 2.24) is 10.2 Å². The van der Waals surface area contributed by atoms with Gasteiger partial charge in [0, 0.05) is 6.20 Å². The summed E-state index contributed by atoms with van der Waals surface area (Å²) in [5, 5.41) is 7.74. The maximum Gasteiger partial charge on any atom is 0.0631 e. The summed E-state index contributed by atoms with van der Waals surface area (Å²) < 4.78 is 0. The van der Waals surface area contributed by atoms with Gasteiger partial charge in [-0.3, -0.25) is 0 Å². The summed E-state index contributed by atoms with van der Waals surface area (Å²) in [6.07, 6.45) is 4.85. The Morgan fingerprint density at radius 2 is 2.27 bits per heavy atom. The van der Waals surface area contributed by atoms with Crippen LogP contribution < -0.4 is 5.73 Å². The summed E-state index contributed by atoms with van der Waals surface area (Å²) in [4.78, 5) is 0. The summed E-state index contributed by atoms with van der Waals surface area (Å²) in [5.74, 6) is 0. The molecule has 0 aromatic carbocycles. The van der Waals surface area contributed by atoms with Crippen molar-refractivity contribution >= 4 is 0 Å². The molecule has 0 aliphatic carbocycles. The van der Waals surface area contributed by atoms with Gasteiger partial charge in [-0.2, -0.15) is 10.2 Å². The van der Waals surface area contributed by atoms with Crippen molar-refractivity contribution in [2.75, 3.05) is 6.54 Å². The van der Waals surface area contributed by atoms with Crippen molar-refractivity contribution in [3.05, 3.63) is 24.0 Å². The minimum atomic E-state index is 0.764. The molecule has 0 atom stereocenters. The van der Waals surface area contributed by atoms with E-state index in [-0.39, 0.29) is 0 Å². The van der Waals surface area contributed by atoms with Crippen LogP contribution in [0.2, 0.25) is 0 Å². The second kappa shape index (κ2) is 4.79. The Bertz CT molecular complexity index is 186. The van der Waals surface area contributed by atoms with Crippen LogP contribution >= 0.6 is 0 Å². The zero-order valence-electron chi connectivity index (χ0n) is 6.53. The molecule has 0 fully saturated rings. The SMILES string of the molecule is NCCCCc1cccnn1. The fourth-order valence-corrected chi connectivity index (χ4v) is 0.917. The van der Waals surface area contributed by atoms with E-state index >= 15 is 0 Å². The molecule has 3 nitrogen and oxygen atoms in total. The lowest BCUT2D eigenvalue weighted by Crippen LogP contribution is -1.99. The average molecular weight is 151 g/mol. The first-order chi connectivity index (χ1) is 5.43. The molecule has 0 aliphatic rings. The van der Waals surface area contributed by atoms with Crippen molar-refractivity contribution in [2.24, 2.45) is 5.73 Å². The fourth-order valence-electron chi connectivity index (χ4n) is 0.917. The molecule has 0 spiro atoms. The Kier molecular flexibility index (Phi) is 3.55. The molecule has 0 bridgehead atoms. The van der Waals surface area contributed by atoms with Crippen LogP contribution in [0.1, 0.15) is 18.5 Å². The summed E-state index contributed by atoms with van der Waals surface area (Å²) in [6, 6.07) is 3.90. The van der Waals surface area contributed by atoms with Gasteiger partial charge in [0.25, 0.3) is 0 Å². The Morgan fingerprint density at radius 3 is 2.91 bits per heavy atom. The summed E-state index contributed by atoms with van der Waals surface area (Å²) in [5.41, 5.74) is 6.41. The number of hydrogen-bond acceptors (Lipinski definition) is 3. The number of rotatable bonds is 4. The van der Waals surface area contributed by atoms with Gasteiger partial charge in [0.15, 0.2) is 0 Å². The lowest BCUT2D eigenvalue weighted by Gasteiger charge is -1.96. The largest absolute Gasteiger partial charge is 0.330 e. The average Bonchev–Trinajstić information content (AvgIpc) is 2.07. The number of nitrogens with zero attached hydrogens (tertiary/aromatic N) is 2. The Morgan fingerprint density at radius 1 is 1.36 bits per heavy atom. The molecule has 0 amide bonds. The first-order valence-corrected chi connectivity index (χ1v) is 3.90. The van der Waals surface area contributed by atoms with Gasteiger partial charge in [0.05, 0.1) is 5.69 Å². The van der Waals surface area contributed by atoms with E-state index in [0.29, 0.717) is 0 Å². The summed E-state index contributed by atoms with van der Waals surface area (Å²) in [6.45, 7) is 0.764. The minimum absolute atomic E-state index is 0.764. The highest BCUT2D eigenvalue weighted by atomic mass is 15.1. The van der Waals surface area contributed by atoms with Crippen molar-refractivity contribution in [3.8, 4) is 0 Å². The van der Waals surface area contributed by atoms with Gasteiger partial charge in [-0.15, -0.1) is 0 Å².